The normalized spacial score (nSPS) is 19.5. The van der Waals surface area contributed by atoms with Gasteiger partial charge in [0.05, 0.1) is 4.47 Å². The highest BCUT2D eigenvalue weighted by Crippen LogP contribution is 2.26. The van der Waals surface area contributed by atoms with Gasteiger partial charge in [-0.2, -0.15) is 0 Å². The third-order valence-corrected chi connectivity index (χ3v) is 4.78. The van der Waals surface area contributed by atoms with E-state index in [1.54, 1.807) is 11.0 Å². The van der Waals surface area contributed by atoms with Crippen LogP contribution in [0.25, 0.3) is 0 Å². The molecule has 24 heavy (non-hydrogen) atoms. The fourth-order valence-electron chi connectivity index (χ4n) is 2.69. The third-order valence-electron chi connectivity index (χ3n) is 3.82. The summed E-state index contributed by atoms with van der Waals surface area (Å²) in [6, 6.07) is 3.05. The van der Waals surface area contributed by atoms with Crippen LogP contribution in [0.5, 0.6) is 0 Å². The summed E-state index contributed by atoms with van der Waals surface area (Å²) in [5, 5.41) is 0.533. The average Bonchev–Trinajstić information content (AvgIpc) is 2.42. The second kappa shape index (κ2) is 7.58. The molecule has 1 atom stereocenters. The van der Waals surface area contributed by atoms with Gasteiger partial charge >= 0.3 is 6.09 Å². The van der Waals surface area contributed by atoms with Crippen molar-refractivity contribution < 1.29 is 13.9 Å². The van der Waals surface area contributed by atoms with E-state index in [-0.39, 0.29) is 18.0 Å². The molecule has 1 aliphatic heterocycles. The Kier molecular flexibility index (Phi) is 6.15. The van der Waals surface area contributed by atoms with Gasteiger partial charge in [-0.1, -0.05) is 11.6 Å². The van der Waals surface area contributed by atoms with E-state index >= 15 is 0 Å². The largest absolute Gasteiger partial charge is 0.444 e. The van der Waals surface area contributed by atoms with Crippen molar-refractivity contribution in [1.29, 1.82) is 0 Å². The van der Waals surface area contributed by atoms with E-state index in [0.717, 1.165) is 5.56 Å². The summed E-state index contributed by atoms with van der Waals surface area (Å²) in [6.45, 7) is 10.1. The number of carbonyl (C=O) groups excluding carboxylic acids is 1. The smallest absolute Gasteiger partial charge is 0.410 e. The van der Waals surface area contributed by atoms with Gasteiger partial charge in [-0.15, -0.1) is 0 Å². The summed E-state index contributed by atoms with van der Waals surface area (Å²) in [5.74, 6) is -0.324. The maximum atomic E-state index is 13.7. The van der Waals surface area contributed by atoms with Gasteiger partial charge in [-0.25, -0.2) is 9.18 Å². The lowest BCUT2D eigenvalue weighted by molar-refractivity contribution is 0.000559. The number of piperazine rings is 1. The van der Waals surface area contributed by atoms with Gasteiger partial charge in [0.1, 0.15) is 11.4 Å². The molecule has 1 aromatic rings. The van der Waals surface area contributed by atoms with E-state index in [4.69, 9.17) is 16.3 Å². The van der Waals surface area contributed by atoms with E-state index in [1.165, 1.54) is 6.07 Å². The maximum absolute atomic E-state index is 13.7. The first kappa shape index (κ1) is 19.5. The van der Waals surface area contributed by atoms with Crippen molar-refractivity contribution in [3.05, 3.63) is 33.0 Å². The fourth-order valence-corrected chi connectivity index (χ4v) is 3.39. The van der Waals surface area contributed by atoms with Crippen molar-refractivity contribution in [2.75, 3.05) is 19.6 Å². The topological polar surface area (TPSA) is 32.8 Å². The number of rotatable bonds is 2. The van der Waals surface area contributed by atoms with Crippen molar-refractivity contribution in [2.45, 2.75) is 45.9 Å². The molecule has 4 nitrogen and oxygen atoms in total. The van der Waals surface area contributed by atoms with Gasteiger partial charge in [-0.3, -0.25) is 4.90 Å². The van der Waals surface area contributed by atoms with Crippen LogP contribution in [-0.4, -0.2) is 47.2 Å². The van der Waals surface area contributed by atoms with Crippen molar-refractivity contribution in [1.82, 2.24) is 9.80 Å². The van der Waals surface area contributed by atoms with Crippen LogP contribution < -0.4 is 0 Å². The van der Waals surface area contributed by atoms with Gasteiger partial charge in [0, 0.05) is 37.2 Å². The third kappa shape index (κ3) is 5.07. The zero-order valence-corrected chi connectivity index (χ0v) is 16.7. The van der Waals surface area contributed by atoms with Gasteiger partial charge in [0.25, 0.3) is 0 Å². The zero-order valence-electron chi connectivity index (χ0n) is 14.4. The Balaban J connectivity index is 1.98. The number of hydrogen-bond acceptors (Lipinski definition) is 3. The summed E-state index contributed by atoms with van der Waals surface area (Å²) < 4.78 is 19.5. The van der Waals surface area contributed by atoms with Crippen molar-refractivity contribution in [2.24, 2.45) is 0 Å². The number of halogens is 3. The summed E-state index contributed by atoms with van der Waals surface area (Å²) in [7, 11) is 0. The lowest BCUT2D eigenvalue weighted by Gasteiger charge is -2.40. The Morgan fingerprint density at radius 3 is 2.67 bits per heavy atom. The molecule has 0 bridgehead atoms. The average molecular weight is 422 g/mol. The molecular formula is C17H23BrClFN2O2. The minimum atomic E-state index is -0.504. The first-order valence-corrected chi connectivity index (χ1v) is 9.09. The summed E-state index contributed by atoms with van der Waals surface area (Å²) in [6.07, 6.45) is -0.289. The van der Waals surface area contributed by atoms with E-state index in [2.05, 4.69) is 20.8 Å². The number of nitrogens with zero attached hydrogens (tertiary/aromatic N) is 2. The molecule has 2 rings (SSSR count). The van der Waals surface area contributed by atoms with Gasteiger partial charge in [0.15, 0.2) is 0 Å². The highest BCUT2D eigenvalue weighted by Gasteiger charge is 2.31. The van der Waals surface area contributed by atoms with Crippen LogP contribution in [0.1, 0.15) is 33.3 Å². The SMILES string of the molecule is C[C@@H]1CN(Cc2cc(F)c(Br)cc2Cl)CCN1C(=O)OC(C)(C)C. The molecule has 0 aliphatic carbocycles. The Bertz CT molecular complexity index is 621. The van der Waals surface area contributed by atoms with E-state index < -0.39 is 5.60 Å². The lowest BCUT2D eigenvalue weighted by atomic mass is 10.1. The Morgan fingerprint density at radius 1 is 1.42 bits per heavy atom. The predicted octanol–water partition coefficient (Wildman–Crippen LogP) is 4.68. The van der Waals surface area contributed by atoms with Crippen LogP contribution in [0.4, 0.5) is 9.18 Å². The van der Waals surface area contributed by atoms with Gasteiger partial charge in [-0.05, 0) is 61.3 Å². The molecule has 0 spiro atoms. The lowest BCUT2D eigenvalue weighted by Crippen LogP contribution is -2.54. The van der Waals surface area contributed by atoms with Crippen LogP contribution >= 0.6 is 27.5 Å². The maximum Gasteiger partial charge on any atom is 0.410 e. The first-order chi connectivity index (χ1) is 11.1. The van der Waals surface area contributed by atoms with E-state index in [1.807, 2.05) is 27.7 Å². The molecule has 1 fully saturated rings. The molecule has 1 aliphatic rings. The molecular weight excluding hydrogens is 399 g/mol. The summed E-state index contributed by atoms with van der Waals surface area (Å²) in [4.78, 5) is 16.1. The highest BCUT2D eigenvalue weighted by atomic mass is 79.9. The molecule has 1 saturated heterocycles. The zero-order chi connectivity index (χ0) is 18.1. The molecule has 0 saturated carbocycles. The van der Waals surface area contributed by atoms with Crippen molar-refractivity contribution >= 4 is 33.6 Å². The summed E-state index contributed by atoms with van der Waals surface area (Å²) in [5.41, 5.74) is 0.242. The van der Waals surface area contributed by atoms with Gasteiger partial charge in [0.2, 0.25) is 0 Å². The molecule has 1 heterocycles. The van der Waals surface area contributed by atoms with E-state index in [9.17, 15) is 9.18 Å². The van der Waals surface area contributed by atoms with Crippen molar-refractivity contribution in [3.63, 3.8) is 0 Å². The van der Waals surface area contributed by atoms with Crippen LogP contribution in [0.2, 0.25) is 5.02 Å². The standard InChI is InChI=1S/C17H23BrClFN2O2/c1-11-9-21(5-6-22(11)16(23)24-17(2,3)4)10-12-7-15(20)13(18)8-14(12)19/h7-8,11H,5-6,9-10H2,1-4H3/t11-/m1/s1. The second-order valence-corrected chi connectivity index (χ2v) is 8.38. The molecule has 0 aromatic heterocycles. The Morgan fingerprint density at radius 2 is 2.08 bits per heavy atom. The number of benzene rings is 1. The number of carbonyl (C=O) groups is 1. The first-order valence-electron chi connectivity index (χ1n) is 7.92. The molecule has 0 N–H and O–H groups in total. The molecule has 0 radical (unpaired) electrons. The fraction of sp³-hybridized carbons (Fsp3) is 0.588. The van der Waals surface area contributed by atoms with Crippen LogP contribution in [-0.2, 0) is 11.3 Å². The minimum absolute atomic E-state index is 0.0210. The molecule has 0 unspecified atom stereocenters. The second-order valence-electron chi connectivity index (χ2n) is 7.12. The molecule has 1 aromatic carbocycles. The number of ether oxygens (including phenoxy) is 1. The Hall–Kier alpha value is -0.850. The highest BCUT2D eigenvalue weighted by molar-refractivity contribution is 9.10. The Labute approximate surface area is 156 Å². The predicted molar refractivity (Wildman–Crippen MR) is 96.8 cm³/mol. The van der Waals surface area contributed by atoms with Gasteiger partial charge < -0.3 is 9.64 Å². The molecule has 1 amide bonds. The molecule has 134 valence electrons. The van der Waals surface area contributed by atoms with Crippen LogP contribution in [0.3, 0.4) is 0 Å². The van der Waals surface area contributed by atoms with Crippen LogP contribution in [0, 0.1) is 5.82 Å². The summed E-state index contributed by atoms with van der Waals surface area (Å²) >= 11 is 9.33. The quantitative estimate of drug-likeness (QED) is 0.650. The number of amides is 1. The molecule has 7 heteroatoms. The number of hydrogen-bond donors (Lipinski definition) is 0. The van der Waals surface area contributed by atoms with Crippen molar-refractivity contribution in [3.8, 4) is 0 Å². The minimum Gasteiger partial charge on any atom is -0.444 e. The van der Waals surface area contributed by atoms with Crippen LogP contribution in [0.15, 0.2) is 16.6 Å². The monoisotopic (exact) mass is 420 g/mol. The van der Waals surface area contributed by atoms with E-state index in [0.29, 0.717) is 35.7 Å².